The summed E-state index contributed by atoms with van der Waals surface area (Å²) in [7, 11) is -4.40. The quantitative estimate of drug-likeness (QED) is 0.218. The van der Waals surface area contributed by atoms with Gasteiger partial charge in [-0.15, -0.1) is 0 Å². The first kappa shape index (κ1) is 31.7. The Morgan fingerprint density at radius 2 is 1.51 bits per heavy atom. The number of para-hydroxylation sites is 1. The fraction of sp³-hybridized carbons (Fsp3) is 0.212. The molecule has 1 atom stereocenters. The molecule has 4 aromatic carbocycles. The second-order valence-electron chi connectivity index (χ2n) is 9.99. The maximum Gasteiger partial charge on any atom is 0.264 e. The van der Waals surface area contributed by atoms with Crippen molar-refractivity contribution in [2.75, 3.05) is 17.4 Å². The van der Waals surface area contributed by atoms with Crippen LogP contribution in [0.2, 0.25) is 5.02 Å². The van der Waals surface area contributed by atoms with E-state index in [0.29, 0.717) is 17.1 Å². The molecule has 0 spiro atoms. The monoisotopic (exact) mass is 621 g/mol. The van der Waals surface area contributed by atoms with Crippen molar-refractivity contribution in [2.24, 2.45) is 0 Å². The highest BCUT2D eigenvalue weighted by molar-refractivity contribution is 7.92. The van der Waals surface area contributed by atoms with Crippen molar-refractivity contribution in [3.05, 3.63) is 131 Å². The normalized spacial score (nSPS) is 11.9. The number of sulfonamides is 1. The standard InChI is InChI=1S/C33H33ClFN3O4S/c1-3-36-33(40)31(21-25-11-5-4-6-12-25)37(22-26-13-7-8-14-28(26)34)32(39)23-38(30-16-10-9-15-29(30)35)43(41,42)27-19-17-24(2)18-20-27/h4-20,31H,3,21-23H2,1-2H3,(H,36,40)/t31-/m0/s1. The molecule has 4 aromatic rings. The number of aryl methyl sites for hydroxylation is 1. The summed E-state index contributed by atoms with van der Waals surface area (Å²) in [5, 5.41) is 3.18. The van der Waals surface area contributed by atoms with Crippen LogP contribution in [0.4, 0.5) is 10.1 Å². The molecule has 0 saturated heterocycles. The molecule has 1 N–H and O–H groups in total. The Morgan fingerprint density at radius 1 is 0.884 bits per heavy atom. The first-order valence-corrected chi connectivity index (χ1v) is 15.6. The van der Waals surface area contributed by atoms with Crippen LogP contribution in [0.3, 0.4) is 0 Å². The molecule has 4 rings (SSSR count). The molecule has 7 nitrogen and oxygen atoms in total. The van der Waals surface area contributed by atoms with Gasteiger partial charge in [0, 0.05) is 24.5 Å². The van der Waals surface area contributed by atoms with E-state index in [9.17, 15) is 18.0 Å². The summed E-state index contributed by atoms with van der Waals surface area (Å²) in [5.41, 5.74) is 1.92. The summed E-state index contributed by atoms with van der Waals surface area (Å²) < 4.78 is 43.8. The zero-order valence-corrected chi connectivity index (χ0v) is 25.5. The van der Waals surface area contributed by atoms with E-state index in [1.807, 2.05) is 37.3 Å². The summed E-state index contributed by atoms with van der Waals surface area (Å²) in [6.07, 6.45) is 0.160. The lowest BCUT2D eigenvalue weighted by atomic mass is 10.0. The van der Waals surface area contributed by atoms with Crippen molar-refractivity contribution >= 4 is 39.1 Å². The average molecular weight is 622 g/mol. The summed E-state index contributed by atoms with van der Waals surface area (Å²) in [6.45, 7) is 3.07. The van der Waals surface area contributed by atoms with Crippen LogP contribution in [0.1, 0.15) is 23.6 Å². The first-order chi connectivity index (χ1) is 20.6. The fourth-order valence-corrected chi connectivity index (χ4v) is 6.28. The maximum atomic E-state index is 15.2. The highest BCUT2D eigenvalue weighted by Gasteiger charge is 2.35. The molecule has 0 radical (unpaired) electrons. The number of nitrogens with zero attached hydrogens (tertiary/aromatic N) is 2. The predicted octanol–water partition coefficient (Wildman–Crippen LogP) is 5.76. The van der Waals surface area contributed by atoms with Gasteiger partial charge in [0.2, 0.25) is 11.8 Å². The largest absolute Gasteiger partial charge is 0.355 e. The van der Waals surface area contributed by atoms with Gasteiger partial charge in [0.1, 0.15) is 18.4 Å². The lowest BCUT2D eigenvalue weighted by molar-refractivity contribution is -0.140. The molecular formula is C33H33ClFN3O4S. The first-order valence-electron chi connectivity index (χ1n) is 13.8. The molecule has 0 bridgehead atoms. The van der Waals surface area contributed by atoms with Crippen LogP contribution >= 0.6 is 11.6 Å². The van der Waals surface area contributed by atoms with E-state index in [2.05, 4.69) is 5.32 Å². The average Bonchev–Trinajstić information content (AvgIpc) is 2.99. The van der Waals surface area contributed by atoms with Crippen LogP contribution < -0.4 is 9.62 Å². The summed E-state index contributed by atoms with van der Waals surface area (Å²) >= 11 is 6.47. The molecule has 10 heteroatoms. The zero-order valence-electron chi connectivity index (χ0n) is 23.9. The summed E-state index contributed by atoms with van der Waals surface area (Å²) in [6, 6.07) is 26.5. The van der Waals surface area contributed by atoms with Gasteiger partial charge in [0.25, 0.3) is 10.0 Å². The predicted molar refractivity (Wildman–Crippen MR) is 167 cm³/mol. The molecule has 0 aliphatic heterocycles. The van der Waals surface area contributed by atoms with Gasteiger partial charge < -0.3 is 10.2 Å². The number of carbonyl (C=O) groups excluding carboxylic acids is 2. The number of anilines is 1. The second kappa shape index (κ2) is 14.3. The van der Waals surface area contributed by atoms with Gasteiger partial charge in [0.15, 0.2) is 0 Å². The number of carbonyl (C=O) groups is 2. The summed E-state index contributed by atoms with van der Waals surface area (Å²) in [4.78, 5) is 29.0. The van der Waals surface area contributed by atoms with Gasteiger partial charge >= 0.3 is 0 Å². The third-order valence-electron chi connectivity index (χ3n) is 6.93. The van der Waals surface area contributed by atoms with Gasteiger partial charge in [0.05, 0.1) is 10.6 Å². The lowest BCUT2D eigenvalue weighted by Gasteiger charge is -2.34. The number of halogens is 2. The SMILES string of the molecule is CCNC(=O)[C@H](Cc1ccccc1)N(Cc1ccccc1Cl)C(=O)CN(c1ccccc1F)S(=O)(=O)c1ccc(C)cc1. The minimum absolute atomic E-state index is 0.0805. The van der Waals surface area contributed by atoms with E-state index >= 15 is 4.39 Å². The van der Waals surface area contributed by atoms with Crippen LogP contribution in [0, 0.1) is 12.7 Å². The highest BCUT2D eigenvalue weighted by atomic mass is 35.5. The fourth-order valence-electron chi connectivity index (χ4n) is 4.66. The molecule has 0 heterocycles. The number of amides is 2. The van der Waals surface area contributed by atoms with Crippen molar-refractivity contribution in [1.82, 2.24) is 10.2 Å². The van der Waals surface area contributed by atoms with Crippen LogP contribution in [-0.2, 0) is 32.6 Å². The van der Waals surface area contributed by atoms with Crippen molar-refractivity contribution in [2.45, 2.75) is 37.8 Å². The van der Waals surface area contributed by atoms with Crippen molar-refractivity contribution < 1.29 is 22.4 Å². The molecule has 0 aromatic heterocycles. The Kier molecular flexibility index (Phi) is 10.6. The molecule has 0 fully saturated rings. The third kappa shape index (κ3) is 7.80. The molecule has 0 unspecified atom stereocenters. The summed E-state index contributed by atoms with van der Waals surface area (Å²) in [5.74, 6) is -1.93. The zero-order chi connectivity index (χ0) is 31.0. The van der Waals surface area contributed by atoms with Gasteiger partial charge in [-0.1, -0.05) is 90.0 Å². The van der Waals surface area contributed by atoms with Crippen molar-refractivity contribution in [1.29, 1.82) is 0 Å². The van der Waals surface area contributed by atoms with Crippen LogP contribution in [0.15, 0.2) is 108 Å². The van der Waals surface area contributed by atoms with Crippen LogP contribution in [0.5, 0.6) is 0 Å². The van der Waals surface area contributed by atoms with Crippen molar-refractivity contribution in [3.63, 3.8) is 0 Å². The number of hydrogen-bond donors (Lipinski definition) is 1. The second-order valence-corrected chi connectivity index (χ2v) is 12.3. The number of likely N-dealkylation sites (N-methyl/N-ethyl adjacent to an activating group) is 1. The minimum Gasteiger partial charge on any atom is -0.355 e. The molecule has 0 aliphatic rings. The number of hydrogen-bond acceptors (Lipinski definition) is 4. The number of benzene rings is 4. The Morgan fingerprint density at radius 3 is 2.16 bits per heavy atom. The Bertz CT molecular complexity index is 1670. The number of rotatable bonds is 12. The molecule has 224 valence electrons. The third-order valence-corrected chi connectivity index (χ3v) is 9.07. The van der Waals surface area contributed by atoms with E-state index in [1.165, 1.54) is 35.2 Å². The van der Waals surface area contributed by atoms with Gasteiger partial charge in [-0.3, -0.25) is 13.9 Å². The minimum atomic E-state index is -4.40. The molecule has 0 aliphatic carbocycles. The lowest BCUT2D eigenvalue weighted by Crippen LogP contribution is -2.53. The van der Waals surface area contributed by atoms with Gasteiger partial charge in [-0.25, -0.2) is 12.8 Å². The van der Waals surface area contributed by atoms with E-state index in [1.54, 1.807) is 43.3 Å². The molecule has 2 amide bonds. The van der Waals surface area contributed by atoms with Crippen LogP contribution in [-0.4, -0.2) is 44.3 Å². The topological polar surface area (TPSA) is 86.8 Å². The van der Waals surface area contributed by atoms with E-state index in [0.717, 1.165) is 21.5 Å². The smallest absolute Gasteiger partial charge is 0.264 e. The van der Waals surface area contributed by atoms with E-state index < -0.39 is 40.2 Å². The van der Waals surface area contributed by atoms with E-state index in [4.69, 9.17) is 11.6 Å². The van der Waals surface area contributed by atoms with Gasteiger partial charge in [-0.05, 0) is 55.3 Å². The van der Waals surface area contributed by atoms with Crippen LogP contribution in [0.25, 0.3) is 0 Å². The molecule has 0 saturated carbocycles. The Labute approximate surface area is 257 Å². The molecule has 43 heavy (non-hydrogen) atoms. The number of nitrogens with one attached hydrogen (secondary N) is 1. The van der Waals surface area contributed by atoms with E-state index in [-0.39, 0.29) is 23.5 Å². The maximum absolute atomic E-state index is 15.2. The Hall–Kier alpha value is -4.21. The molecular weight excluding hydrogens is 589 g/mol. The Balaban J connectivity index is 1.81. The van der Waals surface area contributed by atoms with Gasteiger partial charge in [-0.2, -0.15) is 0 Å². The highest BCUT2D eigenvalue weighted by Crippen LogP contribution is 2.28. The van der Waals surface area contributed by atoms with Crippen molar-refractivity contribution in [3.8, 4) is 0 Å².